The van der Waals surface area contributed by atoms with Crippen molar-refractivity contribution < 1.29 is 4.39 Å². The zero-order valence-electron chi connectivity index (χ0n) is 13.0. The molecule has 0 atom stereocenters. The number of nitrogens with zero attached hydrogens (tertiary/aromatic N) is 5. The van der Waals surface area contributed by atoms with E-state index in [-0.39, 0.29) is 12.4 Å². The molecule has 0 unspecified atom stereocenters. The van der Waals surface area contributed by atoms with Crippen LogP contribution in [0.25, 0.3) is 22.4 Å². The van der Waals surface area contributed by atoms with Gasteiger partial charge < -0.3 is 5.73 Å². The molecule has 0 bridgehead atoms. The molecular formula is C17H13FN6S. The molecule has 0 amide bonds. The first-order valence-corrected chi connectivity index (χ1v) is 8.38. The summed E-state index contributed by atoms with van der Waals surface area (Å²) in [6.07, 6.45) is 3.30. The van der Waals surface area contributed by atoms with Crippen LogP contribution >= 0.6 is 11.3 Å². The average Bonchev–Trinajstić information content (AvgIpc) is 3.26. The third kappa shape index (κ3) is 3.11. The quantitative estimate of drug-likeness (QED) is 0.610. The van der Waals surface area contributed by atoms with Gasteiger partial charge in [0.25, 0.3) is 0 Å². The Bertz CT molecular complexity index is 1010. The van der Waals surface area contributed by atoms with Gasteiger partial charge in [-0.25, -0.2) is 19.0 Å². The number of anilines is 1. The van der Waals surface area contributed by atoms with Crippen molar-refractivity contribution in [2.45, 2.75) is 6.54 Å². The number of nitrogens with two attached hydrogens (primary N) is 1. The number of halogens is 1. The van der Waals surface area contributed by atoms with Gasteiger partial charge in [-0.2, -0.15) is 0 Å². The van der Waals surface area contributed by atoms with E-state index in [9.17, 15) is 4.39 Å². The van der Waals surface area contributed by atoms with Gasteiger partial charge in [-0.3, -0.25) is 4.98 Å². The molecule has 0 aliphatic heterocycles. The summed E-state index contributed by atoms with van der Waals surface area (Å²) in [6.45, 7) is 0.233. The van der Waals surface area contributed by atoms with E-state index in [0.29, 0.717) is 33.6 Å². The zero-order chi connectivity index (χ0) is 17.2. The molecule has 6 nitrogen and oxygen atoms in total. The second-order valence-electron chi connectivity index (χ2n) is 5.32. The summed E-state index contributed by atoms with van der Waals surface area (Å²) in [5.74, 6) is 0.701. The predicted molar refractivity (Wildman–Crippen MR) is 94.3 cm³/mol. The lowest BCUT2D eigenvalue weighted by Gasteiger charge is -2.07. The molecule has 0 radical (unpaired) electrons. The highest BCUT2D eigenvalue weighted by Gasteiger charge is 2.17. The van der Waals surface area contributed by atoms with Gasteiger partial charge in [0, 0.05) is 29.0 Å². The smallest absolute Gasteiger partial charge is 0.210 e. The Labute approximate surface area is 146 Å². The Morgan fingerprint density at radius 2 is 2.00 bits per heavy atom. The van der Waals surface area contributed by atoms with Crippen molar-refractivity contribution in [1.29, 1.82) is 0 Å². The molecule has 3 aromatic heterocycles. The van der Waals surface area contributed by atoms with Crippen LogP contribution in [-0.4, -0.2) is 24.7 Å². The maximum absolute atomic E-state index is 14.0. The number of benzene rings is 1. The monoisotopic (exact) mass is 352 g/mol. The van der Waals surface area contributed by atoms with E-state index in [4.69, 9.17) is 5.73 Å². The molecule has 124 valence electrons. The first-order chi connectivity index (χ1) is 12.2. The third-order valence-corrected chi connectivity index (χ3v) is 4.36. The van der Waals surface area contributed by atoms with E-state index >= 15 is 0 Å². The third-order valence-electron chi connectivity index (χ3n) is 3.59. The van der Waals surface area contributed by atoms with E-state index in [0.717, 1.165) is 0 Å². The minimum atomic E-state index is -0.291. The molecule has 0 aliphatic rings. The second kappa shape index (κ2) is 6.40. The van der Waals surface area contributed by atoms with Crippen LogP contribution in [0.15, 0.2) is 54.2 Å². The van der Waals surface area contributed by atoms with Gasteiger partial charge in [0.05, 0.1) is 6.54 Å². The highest BCUT2D eigenvalue weighted by atomic mass is 32.1. The summed E-state index contributed by atoms with van der Waals surface area (Å²) >= 11 is 1.44. The Morgan fingerprint density at radius 3 is 2.76 bits per heavy atom. The van der Waals surface area contributed by atoms with Crippen LogP contribution in [0.3, 0.4) is 0 Å². The normalized spacial score (nSPS) is 10.9. The predicted octanol–water partition coefficient (Wildman–Crippen LogP) is 3.23. The molecule has 0 spiro atoms. The zero-order valence-corrected chi connectivity index (χ0v) is 13.8. The van der Waals surface area contributed by atoms with Crippen molar-refractivity contribution in [3.05, 3.63) is 65.6 Å². The number of aromatic nitrogens is 5. The number of rotatable bonds is 4. The van der Waals surface area contributed by atoms with Crippen molar-refractivity contribution in [2.24, 2.45) is 0 Å². The fraction of sp³-hybridized carbons (Fsp3) is 0.0588. The van der Waals surface area contributed by atoms with E-state index in [1.165, 1.54) is 17.4 Å². The molecule has 0 saturated carbocycles. The number of nitrogen functional groups attached to an aromatic ring is 1. The van der Waals surface area contributed by atoms with Crippen LogP contribution in [0.2, 0.25) is 0 Å². The summed E-state index contributed by atoms with van der Waals surface area (Å²) in [6, 6.07) is 10.00. The molecule has 0 aliphatic carbocycles. The van der Waals surface area contributed by atoms with Gasteiger partial charge in [-0.05, 0) is 18.2 Å². The highest BCUT2D eigenvalue weighted by Crippen LogP contribution is 2.24. The lowest BCUT2D eigenvalue weighted by atomic mass is 10.2. The Balaban J connectivity index is 1.82. The molecule has 0 saturated heterocycles. The minimum absolute atomic E-state index is 0.233. The Hall–Kier alpha value is -3.13. The summed E-state index contributed by atoms with van der Waals surface area (Å²) in [4.78, 5) is 13.1. The first-order valence-electron chi connectivity index (χ1n) is 7.51. The van der Waals surface area contributed by atoms with Crippen LogP contribution in [0, 0.1) is 5.82 Å². The molecule has 0 fully saturated rings. The number of hydrogen-bond donors (Lipinski definition) is 1. The van der Waals surface area contributed by atoms with E-state index < -0.39 is 0 Å². The Morgan fingerprint density at radius 1 is 1.12 bits per heavy atom. The van der Waals surface area contributed by atoms with Crippen molar-refractivity contribution in [2.75, 3.05) is 5.73 Å². The largest absolute Gasteiger partial charge is 0.399 e. The van der Waals surface area contributed by atoms with Crippen LogP contribution in [0.5, 0.6) is 0 Å². The topological polar surface area (TPSA) is 82.5 Å². The molecule has 2 N–H and O–H groups in total. The summed E-state index contributed by atoms with van der Waals surface area (Å²) in [5.41, 5.74) is 7.52. The summed E-state index contributed by atoms with van der Waals surface area (Å²) in [5, 5.41) is 7.05. The molecule has 4 rings (SSSR count). The first kappa shape index (κ1) is 15.4. The van der Waals surface area contributed by atoms with E-state index in [1.54, 1.807) is 47.4 Å². The van der Waals surface area contributed by atoms with Gasteiger partial charge in [0.15, 0.2) is 10.8 Å². The van der Waals surface area contributed by atoms with Crippen LogP contribution in [-0.2, 0) is 6.54 Å². The van der Waals surface area contributed by atoms with Crippen LogP contribution < -0.4 is 5.73 Å². The molecule has 1 aromatic carbocycles. The van der Waals surface area contributed by atoms with Crippen molar-refractivity contribution >= 4 is 17.0 Å². The van der Waals surface area contributed by atoms with Gasteiger partial charge in [-0.1, -0.05) is 18.2 Å². The van der Waals surface area contributed by atoms with Crippen molar-refractivity contribution in [3.8, 4) is 22.4 Å². The standard InChI is InChI=1S/C17H13FN6S/c18-13-4-2-1-3-11(13)10-24-16(14-9-12(19)5-6-20-14)22-15(23-24)17-21-7-8-25-17/h1-9H,10H2,(H2,19,20). The maximum atomic E-state index is 14.0. The minimum Gasteiger partial charge on any atom is -0.399 e. The van der Waals surface area contributed by atoms with Gasteiger partial charge in [-0.15, -0.1) is 16.4 Å². The van der Waals surface area contributed by atoms with Gasteiger partial charge >= 0.3 is 0 Å². The lowest BCUT2D eigenvalue weighted by molar-refractivity contribution is 0.587. The van der Waals surface area contributed by atoms with Crippen molar-refractivity contribution in [1.82, 2.24) is 24.7 Å². The summed E-state index contributed by atoms with van der Waals surface area (Å²) < 4.78 is 15.7. The van der Waals surface area contributed by atoms with Gasteiger partial charge in [0.1, 0.15) is 11.5 Å². The second-order valence-corrected chi connectivity index (χ2v) is 6.21. The SMILES string of the molecule is Nc1ccnc(-c2nc(-c3nccs3)nn2Cc2ccccc2F)c1. The molecular weight excluding hydrogens is 339 g/mol. The molecule has 25 heavy (non-hydrogen) atoms. The van der Waals surface area contributed by atoms with Crippen LogP contribution in [0.4, 0.5) is 10.1 Å². The number of pyridine rings is 1. The number of hydrogen-bond acceptors (Lipinski definition) is 6. The molecule has 3 heterocycles. The average molecular weight is 352 g/mol. The van der Waals surface area contributed by atoms with E-state index in [2.05, 4.69) is 20.1 Å². The van der Waals surface area contributed by atoms with E-state index in [1.807, 2.05) is 5.38 Å². The number of thiazole rings is 1. The Kier molecular flexibility index (Phi) is 3.95. The summed E-state index contributed by atoms with van der Waals surface area (Å²) in [7, 11) is 0. The maximum Gasteiger partial charge on any atom is 0.210 e. The van der Waals surface area contributed by atoms with Gasteiger partial charge in [0.2, 0.25) is 5.82 Å². The fourth-order valence-electron chi connectivity index (χ4n) is 2.42. The molecule has 4 aromatic rings. The fourth-order valence-corrected chi connectivity index (χ4v) is 2.99. The lowest BCUT2D eigenvalue weighted by Crippen LogP contribution is -2.06. The highest BCUT2D eigenvalue weighted by molar-refractivity contribution is 7.13. The molecule has 8 heteroatoms. The van der Waals surface area contributed by atoms with Crippen LogP contribution in [0.1, 0.15) is 5.56 Å². The van der Waals surface area contributed by atoms with Crippen molar-refractivity contribution in [3.63, 3.8) is 0 Å².